The van der Waals surface area contributed by atoms with Crippen molar-refractivity contribution >= 4 is 11.6 Å². The molecule has 3 heteroatoms. The number of benzene rings is 2. The molecular formula is C18H22ClNO. The number of nitrogens with one attached hydrogen (secondary N) is 1. The minimum absolute atomic E-state index is 0.366. The molecule has 112 valence electrons. The molecule has 0 aliphatic rings. The summed E-state index contributed by atoms with van der Waals surface area (Å²) in [6.45, 7) is 7.27. The quantitative estimate of drug-likeness (QED) is 0.760. The zero-order valence-corrected chi connectivity index (χ0v) is 13.6. The number of hydrogen-bond donors (Lipinski definition) is 1. The van der Waals surface area contributed by atoms with Crippen molar-refractivity contribution in [1.82, 2.24) is 5.32 Å². The van der Waals surface area contributed by atoms with Gasteiger partial charge in [0, 0.05) is 11.1 Å². The van der Waals surface area contributed by atoms with E-state index in [1.807, 2.05) is 37.3 Å². The monoisotopic (exact) mass is 303 g/mol. The summed E-state index contributed by atoms with van der Waals surface area (Å²) in [7, 11) is 0. The number of ether oxygens (including phenoxy) is 1. The van der Waals surface area contributed by atoms with Crippen LogP contribution in [0, 0.1) is 6.92 Å². The van der Waals surface area contributed by atoms with Crippen LogP contribution in [0.5, 0.6) is 11.5 Å². The molecule has 1 N–H and O–H groups in total. The number of rotatable bonds is 6. The van der Waals surface area contributed by atoms with Crippen LogP contribution in [-0.4, -0.2) is 6.54 Å². The largest absolute Gasteiger partial charge is 0.457 e. The summed E-state index contributed by atoms with van der Waals surface area (Å²) in [5, 5.41) is 4.21. The number of hydrogen-bond acceptors (Lipinski definition) is 2. The van der Waals surface area contributed by atoms with Crippen LogP contribution in [0.15, 0.2) is 42.5 Å². The molecule has 2 nitrogen and oxygen atoms in total. The molecule has 0 saturated carbocycles. The summed E-state index contributed by atoms with van der Waals surface area (Å²) in [4.78, 5) is 0. The van der Waals surface area contributed by atoms with Gasteiger partial charge in [-0.2, -0.15) is 0 Å². The Morgan fingerprint density at radius 1 is 1.14 bits per heavy atom. The third-order valence-corrected chi connectivity index (χ3v) is 3.72. The SMILES string of the molecule is CCNC(CC)c1cccc(Oc2ccc(Cl)cc2C)c1. The van der Waals surface area contributed by atoms with Gasteiger partial charge in [-0.25, -0.2) is 0 Å². The highest BCUT2D eigenvalue weighted by Crippen LogP contribution is 2.29. The zero-order chi connectivity index (χ0) is 15.2. The highest BCUT2D eigenvalue weighted by atomic mass is 35.5. The van der Waals surface area contributed by atoms with E-state index in [-0.39, 0.29) is 0 Å². The molecule has 21 heavy (non-hydrogen) atoms. The van der Waals surface area contributed by atoms with Gasteiger partial charge in [0.2, 0.25) is 0 Å². The zero-order valence-electron chi connectivity index (χ0n) is 12.8. The van der Waals surface area contributed by atoms with Gasteiger partial charge < -0.3 is 10.1 Å². The van der Waals surface area contributed by atoms with E-state index in [1.54, 1.807) is 0 Å². The van der Waals surface area contributed by atoms with Gasteiger partial charge in [-0.1, -0.05) is 37.6 Å². The third kappa shape index (κ3) is 4.23. The lowest BCUT2D eigenvalue weighted by molar-refractivity contribution is 0.474. The second kappa shape index (κ2) is 7.48. The molecule has 0 radical (unpaired) electrons. The lowest BCUT2D eigenvalue weighted by Gasteiger charge is -2.17. The van der Waals surface area contributed by atoms with Gasteiger partial charge in [-0.3, -0.25) is 0 Å². The van der Waals surface area contributed by atoms with Crippen LogP contribution in [0.2, 0.25) is 5.02 Å². The Hall–Kier alpha value is -1.51. The lowest BCUT2D eigenvalue weighted by Crippen LogP contribution is -2.19. The molecular weight excluding hydrogens is 282 g/mol. The molecule has 2 rings (SSSR count). The first-order valence-corrected chi connectivity index (χ1v) is 7.79. The molecule has 2 aromatic rings. The molecule has 0 saturated heterocycles. The summed E-state index contributed by atoms with van der Waals surface area (Å²) in [5.41, 5.74) is 2.29. The summed E-state index contributed by atoms with van der Waals surface area (Å²) in [5.74, 6) is 1.70. The molecule has 2 aromatic carbocycles. The van der Waals surface area contributed by atoms with Crippen LogP contribution in [0.1, 0.15) is 37.4 Å². The molecule has 0 aliphatic heterocycles. The Balaban J connectivity index is 2.21. The first-order chi connectivity index (χ1) is 10.1. The normalized spacial score (nSPS) is 12.2. The highest BCUT2D eigenvalue weighted by Gasteiger charge is 2.09. The van der Waals surface area contributed by atoms with E-state index in [0.717, 1.165) is 35.1 Å². The fraction of sp³-hybridized carbons (Fsp3) is 0.333. The van der Waals surface area contributed by atoms with E-state index in [1.165, 1.54) is 5.56 Å². The molecule has 0 bridgehead atoms. The smallest absolute Gasteiger partial charge is 0.130 e. The Labute approximate surface area is 132 Å². The summed E-state index contributed by atoms with van der Waals surface area (Å²) in [6, 6.07) is 14.3. The molecule has 0 amide bonds. The minimum Gasteiger partial charge on any atom is -0.457 e. The maximum Gasteiger partial charge on any atom is 0.130 e. The first-order valence-electron chi connectivity index (χ1n) is 7.41. The van der Waals surface area contributed by atoms with Gasteiger partial charge in [-0.05, 0) is 61.3 Å². The van der Waals surface area contributed by atoms with Gasteiger partial charge in [0.1, 0.15) is 11.5 Å². The Morgan fingerprint density at radius 2 is 1.95 bits per heavy atom. The van der Waals surface area contributed by atoms with Crippen LogP contribution in [-0.2, 0) is 0 Å². The average molecular weight is 304 g/mol. The van der Waals surface area contributed by atoms with Crippen LogP contribution < -0.4 is 10.1 Å². The van der Waals surface area contributed by atoms with Gasteiger partial charge in [0.15, 0.2) is 0 Å². The van der Waals surface area contributed by atoms with Crippen molar-refractivity contribution in [3.8, 4) is 11.5 Å². The van der Waals surface area contributed by atoms with E-state index in [0.29, 0.717) is 6.04 Å². The van der Waals surface area contributed by atoms with Gasteiger partial charge in [0.25, 0.3) is 0 Å². The van der Waals surface area contributed by atoms with E-state index in [9.17, 15) is 0 Å². The molecule has 0 spiro atoms. The minimum atomic E-state index is 0.366. The Morgan fingerprint density at radius 3 is 2.62 bits per heavy atom. The van der Waals surface area contributed by atoms with Crippen molar-refractivity contribution < 1.29 is 4.74 Å². The molecule has 0 heterocycles. The van der Waals surface area contributed by atoms with E-state index >= 15 is 0 Å². The highest BCUT2D eigenvalue weighted by molar-refractivity contribution is 6.30. The van der Waals surface area contributed by atoms with E-state index in [2.05, 4.69) is 31.3 Å². The van der Waals surface area contributed by atoms with Crippen molar-refractivity contribution in [3.63, 3.8) is 0 Å². The second-order valence-electron chi connectivity index (χ2n) is 5.10. The summed E-state index contributed by atoms with van der Waals surface area (Å²) >= 11 is 5.98. The van der Waals surface area contributed by atoms with Crippen molar-refractivity contribution in [2.45, 2.75) is 33.2 Å². The van der Waals surface area contributed by atoms with Crippen molar-refractivity contribution in [3.05, 3.63) is 58.6 Å². The molecule has 0 aromatic heterocycles. The Kier molecular flexibility index (Phi) is 5.66. The van der Waals surface area contributed by atoms with Crippen molar-refractivity contribution in [2.75, 3.05) is 6.54 Å². The summed E-state index contributed by atoms with van der Waals surface area (Å²) in [6.07, 6.45) is 1.05. The van der Waals surface area contributed by atoms with Gasteiger partial charge >= 0.3 is 0 Å². The number of halogens is 1. The maximum absolute atomic E-state index is 5.99. The molecule has 0 aliphatic carbocycles. The van der Waals surface area contributed by atoms with Crippen LogP contribution in [0.3, 0.4) is 0 Å². The van der Waals surface area contributed by atoms with E-state index in [4.69, 9.17) is 16.3 Å². The van der Waals surface area contributed by atoms with Crippen LogP contribution >= 0.6 is 11.6 Å². The predicted octanol–water partition coefficient (Wildman–Crippen LogP) is 5.50. The second-order valence-corrected chi connectivity index (χ2v) is 5.54. The summed E-state index contributed by atoms with van der Waals surface area (Å²) < 4.78 is 5.99. The standard InChI is InChI=1S/C18H22ClNO/c1-4-17(20-5-2)14-7-6-8-16(12-14)21-18-10-9-15(19)11-13(18)3/h6-12,17,20H,4-5H2,1-3H3. The van der Waals surface area contributed by atoms with Gasteiger partial charge in [0.05, 0.1) is 0 Å². The fourth-order valence-corrected chi connectivity index (χ4v) is 2.62. The van der Waals surface area contributed by atoms with Crippen LogP contribution in [0.4, 0.5) is 0 Å². The molecule has 1 unspecified atom stereocenters. The first kappa shape index (κ1) is 15.9. The topological polar surface area (TPSA) is 21.3 Å². The molecule has 0 fully saturated rings. The van der Waals surface area contributed by atoms with Crippen molar-refractivity contribution in [2.24, 2.45) is 0 Å². The fourth-order valence-electron chi connectivity index (χ4n) is 2.39. The van der Waals surface area contributed by atoms with Crippen LogP contribution in [0.25, 0.3) is 0 Å². The number of aryl methyl sites for hydroxylation is 1. The Bertz CT molecular complexity index is 598. The third-order valence-electron chi connectivity index (χ3n) is 3.48. The van der Waals surface area contributed by atoms with Gasteiger partial charge in [-0.15, -0.1) is 0 Å². The van der Waals surface area contributed by atoms with E-state index < -0.39 is 0 Å². The lowest BCUT2D eigenvalue weighted by atomic mass is 10.0. The maximum atomic E-state index is 5.99. The average Bonchev–Trinajstić information content (AvgIpc) is 2.48. The molecule has 1 atom stereocenters. The predicted molar refractivity (Wildman–Crippen MR) is 89.4 cm³/mol. The van der Waals surface area contributed by atoms with Crippen molar-refractivity contribution in [1.29, 1.82) is 0 Å².